The molecule has 0 spiro atoms. The van der Waals surface area contributed by atoms with Gasteiger partial charge in [0, 0.05) is 23.5 Å². The predicted octanol–water partition coefficient (Wildman–Crippen LogP) is 2.36. The zero-order valence-corrected chi connectivity index (χ0v) is 14.2. The third-order valence-electron chi connectivity index (χ3n) is 3.95. The maximum Gasteiger partial charge on any atom is 0.251 e. The highest BCUT2D eigenvalue weighted by Gasteiger charge is 2.08. The van der Waals surface area contributed by atoms with Gasteiger partial charge in [-0.15, -0.1) is 0 Å². The van der Waals surface area contributed by atoms with Crippen molar-refractivity contribution in [2.24, 2.45) is 0 Å². The first-order valence-corrected chi connectivity index (χ1v) is 7.74. The van der Waals surface area contributed by atoms with Gasteiger partial charge in [0.1, 0.15) is 0 Å². The molecule has 0 radical (unpaired) electrons. The average Bonchev–Trinajstić information content (AvgIpc) is 2.82. The Labute approximate surface area is 141 Å². The van der Waals surface area contributed by atoms with Crippen LogP contribution in [0.1, 0.15) is 27.3 Å². The molecule has 126 valence electrons. The number of hydrogen-bond acceptors (Lipinski definition) is 3. The van der Waals surface area contributed by atoms with E-state index < -0.39 is 0 Å². The lowest BCUT2D eigenvalue weighted by atomic mass is 10.2. The number of carbonyl (C=O) groups excluding carboxylic acids is 2. The van der Waals surface area contributed by atoms with E-state index in [1.54, 1.807) is 24.3 Å². The molecule has 0 atom stereocenters. The molecule has 2 aromatic rings. The van der Waals surface area contributed by atoms with Gasteiger partial charge in [0.05, 0.1) is 12.2 Å². The van der Waals surface area contributed by atoms with Crippen molar-refractivity contribution < 1.29 is 9.59 Å². The summed E-state index contributed by atoms with van der Waals surface area (Å²) in [4.78, 5) is 23.3. The minimum Gasteiger partial charge on any atom is -0.350 e. The Kier molecular flexibility index (Phi) is 5.52. The van der Waals surface area contributed by atoms with Gasteiger partial charge < -0.3 is 10.6 Å². The first kappa shape index (κ1) is 17.5. The standard InChI is InChI=1S/C18H22N4O2/c1-5-17(23)20-16-8-6-15(7-9-16)18(24)19-10-11-22-14(4)12(2)13(3)21-22/h5-9H,1,10-11H2,2-4H3,(H,19,24)(H,20,23). The van der Waals surface area contributed by atoms with Crippen LogP contribution in [0.2, 0.25) is 0 Å². The Hall–Kier alpha value is -2.89. The molecule has 0 bridgehead atoms. The normalized spacial score (nSPS) is 10.3. The second-order valence-electron chi connectivity index (χ2n) is 5.55. The van der Waals surface area contributed by atoms with E-state index in [-0.39, 0.29) is 11.8 Å². The molecule has 0 saturated carbocycles. The van der Waals surface area contributed by atoms with E-state index in [1.165, 1.54) is 11.6 Å². The quantitative estimate of drug-likeness (QED) is 0.800. The number of amides is 2. The zero-order valence-electron chi connectivity index (χ0n) is 14.2. The van der Waals surface area contributed by atoms with Crippen molar-refractivity contribution in [3.8, 4) is 0 Å². The van der Waals surface area contributed by atoms with E-state index in [1.807, 2.05) is 25.5 Å². The van der Waals surface area contributed by atoms with E-state index in [4.69, 9.17) is 0 Å². The van der Waals surface area contributed by atoms with Crippen molar-refractivity contribution in [2.45, 2.75) is 27.3 Å². The summed E-state index contributed by atoms with van der Waals surface area (Å²) >= 11 is 0. The molecule has 0 aliphatic rings. The Balaban J connectivity index is 1.89. The summed E-state index contributed by atoms with van der Waals surface area (Å²) in [6.45, 7) is 10.5. The summed E-state index contributed by atoms with van der Waals surface area (Å²) in [6.07, 6.45) is 1.20. The molecule has 6 nitrogen and oxygen atoms in total. The third-order valence-corrected chi connectivity index (χ3v) is 3.95. The number of nitrogens with zero attached hydrogens (tertiary/aromatic N) is 2. The minimum atomic E-state index is -0.285. The van der Waals surface area contributed by atoms with Crippen LogP contribution in [0, 0.1) is 20.8 Å². The molecule has 6 heteroatoms. The lowest BCUT2D eigenvalue weighted by Crippen LogP contribution is -2.27. The van der Waals surface area contributed by atoms with Crippen molar-refractivity contribution >= 4 is 17.5 Å². The molecule has 0 aliphatic heterocycles. The Bertz CT molecular complexity index is 760. The van der Waals surface area contributed by atoms with Crippen molar-refractivity contribution in [3.63, 3.8) is 0 Å². The van der Waals surface area contributed by atoms with E-state index in [0.717, 1.165) is 11.4 Å². The summed E-state index contributed by atoms with van der Waals surface area (Å²) in [5.41, 5.74) is 4.46. The van der Waals surface area contributed by atoms with Crippen LogP contribution in [0.3, 0.4) is 0 Å². The minimum absolute atomic E-state index is 0.158. The highest BCUT2D eigenvalue weighted by Crippen LogP contribution is 2.11. The number of benzene rings is 1. The first-order chi connectivity index (χ1) is 11.4. The lowest BCUT2D eigenvalue weighted by Gasteiger charge is -2.08. The molecule has 0 saturated heterocycles. The van der Waals surface area contributed by atoms with Crippen LogP contribution >= 0.6 is 0 Å². The Morgan fingerprint density at radius 2 is 1.88 bits per heavy atom. The maximum atomic E-state index is 12.1. The van der Waals surface area contributed by atoms with Crippen LogP contribution in [0.25, 0.3) is 0 Å². The van der Waals surface area contributed by atoms with Gasteiger partial charge in [-0.2, -0.15) is 5.10 Å². The largest absolute Gasteiger partial charge is 0.350 e. The number of rotatable bonds is 6. The predicted molar refractivity (Wildman–Crippen MR) is 94.0 cm³/mol. The highest BCUT2D eigenvalue weighted by atomic mass is 16.2. The summed E-state index contributed by atoms with van der Waals surface area (Å²) < 4.78 is 1.90. The smallest absolute Gasteiger partial charge is 0.251 e. The maximum absolute atomic E-state index is 12.1. The van der Waals surface area contributed by atoms with Crippen LogP contribution in [-0.4, -0.2) is 28.1 Å². The molecule has 1 heterocycles. The van der Waals surface area contributed by atoms with Crippen LogP contribution in [0.5, 0.6) is 0 Å². The van der Waals surface area contributed by atoms with Crippen LogP contribution in [0.4, 0.5) is 5.69 Å². The molecule has 1 aromatic carbocycles. The van der Waals surface area contributed by atoms with E-state index in [0.29, 0.717) is 24.3 Å². The summed E-state index contributed by atoms with van der Waals surface area (Å²) in [5, 5.41) is 9.95. The molecule has 2 rings (SSSR count). The highest BCUT2D eigenvalue weighted by molar-refractivity contribution is 5.99. The number of anilines is 1. The van der Waals surface area contributed by atoms with Crippen LogP contribution in [0.15, 0.2) is 36.9 Å². The van der Waals surface area contributed by atoms with E-state index in [9.17, 15) is 9.59 Å². The SMILES string of the molecule is C=CC(=O)Nc1ccc(C(=O)NCCn2nc(C)c(C)c2C)cc1. The Morgan fingerprint density at radius 3 is 2.42 bits per heavy atom. The lowest BCUT2D eigenvalue weighted by molar-refractivity contribution is -0.111. The number of nitrogens with one attached hydrogen (secondary N) is 2. The molecule has 0 unspecified atom stereocenters. The second kappa shape index (κ2) is 7.59. The molecule has 2 N–H and O–H groups in total. The van der Waals surface area contributed by atoms with E-state index in [2.05, 4.69) is 22.3 Å². The molecule has 2 amide bonds. The van der Waals surface area contributed by atoms with Gasteiger partial charge in [0.2, 0.25) is 5.91 Å². The molecular weight excluding hydrogens is 304 g/mol. The fourth-order valence-corrected chi connectivity index (χ4v) is 2.28. The van der Waals surface area contributed by atoms with Crippen molar-refractivity contribution in [2.75, 3.05) is 11.9 Å². The third kappa shape index (κ3) is 4.10. The van der Waals surface area contributed by atoms with Gasteiger partial charge in [-0.25, -0.2) is 0 Å². The van der Waals surface area contributed by atoms with E-state index >= 15 is 0 Å². The monoisotopic (exact) mass is 326 g/mol. The van der Waals surface area contributed by atoms with Gasteiger partial charge in [-0.05, 0) is 56.7 Å². The fourth-order valence-electron chi connectivity index (χ4n) is 2.28. The Morgan fingerprint density at radius 1 is 1.21 bits per heavy atom. The van der Waals surface area contributed by atoms with Crippen molar-refractivity contribution in [1.82, 2.24) is 15.1 Å². The summed E-state index contributed by atoms with van der Waals surface area (Å²) in [7, 11) is 0. The fraction of sp³-hybridized carbons (Fsp3) is 0.278. The van der Waals surface area contributed by atoms with Gasteiger partial charge in [-0.1, -0.05) is 6.58 Å². The number of aromatic nitrogens is 2. The molecule has 0 aliphatic carbocycles. The summed E-state index contributed by atoms with van der Waals surface area (Å²) in [5.74, 6) is -0.442. The molecule has 0 fully saturated rings. The van der Waals surface area contributed by atoms with Gasteiger partial charge in [0.15, 0.2) is 0 Å². The number of aryl methyl sites for hydroxylation is 1. The number of hydrogen-bond donors (Lipinski definition) is 2. The average molecular weight is 326 g/mol. The van der Waals surface area contributed by atoms with Gasteiger partial charge >= 0.3 is 0 Å². The van der Waals surface area contributed by atoms with Crippen molar-refractivity contribution in [3.05, 3.63) is 59.4 Å². The zero-order chi connectivity index (χ0) is 17.7. The molecule has 1 aromatic heterocycles. The molecule has 24 heavy (non-hydrogen) atoms. The second-order valence-corrected chi connectivity index (χ2v) is 5.55. The van der Waals surface area contributed by atoms with Gasteiger partial charge in [0.25, 0.3) is 5.91 Å². The first-order valence-electron chi connectivity index (χ1n) is 7.74. The van der Waals surface area contributed by atoms with Gasteiger partial charge in [-0.3, -0.25) is 14.3 Å². The van der Waals surface area contributed by atoms with Crippen LogP contribution in [-0.2, 0) is 11.3 Å². The number of carbonyl (C=O) groups is 2. The van der Waals surface area contributed by atoms with Crippen molar-refractivity contribution in [1.29, 1.82) is 0 Å². The molecular formula is C18H22N4O2. The summed E-state index contributed by atoms with van der Waals surface area (Å²) in [6, 6.07) is 6.70. The van der Waals surface area contributed by atoms with Crippen LogP contribution < -0.4 is 10.6 Å². The topological polar surface area (TPSA) is 76.0 Å².